The van der Waals surface area contributed by atoms with Crippen LogP contribution in [0.2, 0.25) is 0 Å². The first-order valence-corrected chi connectivity index (χ1v) is 7.17. The Labute approximate surface area is 142 Å². The lowest BCUT2D eigenvalue weighted by Gasteiger charge is -2.25. The van der Waals surface area contributed by atoms with Gasteiger partial charge < -0.3 is 10.6 Å². The number of tetrazole rings is 1. The molecule has 22 heavy (non-hydrogen) atoms. The summed E-state index contributed by atoms with van der Waals surface area (Å²) in [6.45, 7) is 4.18. The van der Waals surface area contributed by atoms with Crippen LogP contribution in [0.3, 0.4) is 0 Å². The fourth-order valence-electron chi connectivity index (χ4n) is 2.50. The molecule has 8 heteroatoms. The molecule has 1 aromatic heterocycles. The maximum absolute atomic E-state index is 5.67. The highest BCUT2D eigenvalue weighted by atomic mass is 35.5. The maximum atomic E-state index is 5.67. The molecule has 2 aromatic rings. The zero-order valence-electron chi connectivity index (χ0n) is 12.4. The largest absolute Gasteiger partial charge is 0.399 e. The van der Waals surface area contributed by atoms with Crippen LogP contribution in [0.4, 0.5) is 5.69 Å². The molecule has 1 aliphatic heterocycles. The predicted molar refractivity (Wildman–Crippen MR) is 92.5 cm³/mol. The van der Waals surface area contributed by atoms with Crippen LogP contribution in [0.25, 0.3) is 11.4 Å². The van der Waals surface area contributed by atoms with Crippen LogP contribution in [0.5, 0.6) is 0 Å². The molecule has 0 radical (unpaired) electrons. The Morgan fingerprint density at radius 1 is 0.955 bits per heavy atom. The standard InChI is InChI=1S/C14H20N6.2ClH/c15-13-6-4-12(5-7-13)14-16-18-20(17-14)11-10-19-8-2-1-3-9-19;;/h4-7H,1-3,8-11,15H2;2*1H. The number of anilines is 1. The highest BCUT2D eigenvalue weighted by Crippen LogP contribution is 2.15. The van der Waals surface area contributed by atoms with Crippen molar-refractivity contribution in [3.8, 4) is 11.4 Å². The zero-order valence-corrected chi connectivity index (χ0v) is 14.0. The number of halogens is 2. The van der Waals surface area contributed by atoms with Gasteiger partial charge in [-0.15, -0.1) is 35.0 Å². The highest BCUT2D eigenvalue weighted by Gasteiger charge is 2.11. The molecule has 0 unspecified atom stereocenters. The molecule has 0 spiro atoms. The van der Waals surface area contributed by atoms with Gasteiger partial charge in [0.25, 0.3) is 0 Å². The number of nitrogens with zero attached hydrogens (tertiary/aromatic N) is 5. The molecule has 1 fully saturated rings. The van der Waals surface area contributed by atoms with Crippen molar-refractivity contribution in [1.29, 1.82) is 0 Å². The van der Waals surface area contributed by atoms with Crippen LogP contribution < -0.4 is 5.73 Å². The van der Waals surface area contributed by atoms with Crippen LogP contribution in [0.15, 0.2) is 24.3 Å². The monoisotopic (exact) mass is 344 g/mol. The van der Waals surface area contributed by atoms with E-state index in [2.05, 4.69) is 20.3 Å². The molecule has 1 aromatic carbocycles. The second-order valence-electron chi connectivity index (χ2n) is 5.23. The fraction of sp³-hybridized carbons (Fsp3) is 0.500. The SMILES string of the molecule is Cl.Cl.Nc1ccc(-c2nnn(CCN3CCCCC3)n2)cc1. The molecule has 0 atom stereocenters. The number of rotatable bonds is 4. The van der Waals surface area contributed by atoms with Crippen molar-refractivity contribution in [3.05, 3.63) is 24.3 Å². The quantitative estimate of drug-likeness (QED) is 0.861. The second kappa shape index (κ2) is 8.92. The Bertz CT molecular complexity index is 551. The van der Waals surface area contributed by atoms with E-state index in [9.17, 15) is 0 Å². The first-order valence-electron chi connectivity index (χ1n) is 7.17. The smallest absolute Gasteiger partial charge is 0.204 e. The minimum Gasteiger partial charge on any atom is -0.399 e. The lowest BCUT2D eigenvalue weighted by atomic mass is 10.1. The van der Waals surface area contributed by atoms with Gasteiger partial charge in [0.05, 0.1) is 6.54 Å². The number of piperidine rings is 1. The van der Waals surface area contributed by atoms with Crippen LogP contribution in [0.1, 0.15) is 19.3 Å². The molecule has 0 saturated carbocycles. The van der Waals surface area contributed by atoms with Gasteiger partial charge in [-0.2, -0.15) is 4.80 Å². The minimum absolute atomic E-state index is 0. The third kappa shape index (κ3) is 4.83. The molecule has 1 saturated heterocycles. The van der Waals surface area contributed by atoms with Crippen molar-refractivity contribution in [3.63, 3.8) is 0 Å². The Morgan fingerprint density at radius 2 is 1.64 bits per heavy atom. The Balaban J connectivity index is 0.00000121. The van der Waals surface area contributed by atoms with E-state index < -0.39 is 0 Å². The Hall–Kier alpha value is -1.37. The molecular formula is C14H22Cl2N6. The summed E-state index contributed by atoms with van der Waals surface area (Å²) < 4.78 is 0. The number of aromatic nitrogens is 4. The van der Waals surface area contributed by atoms with Gasteiger partial charge in [0, 0.05) is 17.8 Å². The average molecular weight is 345 g/mol. The van der Waals surface area contributed by atoms with E-state index in [-0.39, 0.29) is 24.8 Å². The number of likely N-dealkylation sites (tertiary alicyclic amines) is 1. The molecule has 0 amide bonds. The van der Waals surface area contributed by atoms with Gasteiger partial charge in [-0.25, -0.2) is 0 Å². The Kier molecular flexibility index (Phi) is 7.58. The van der Waals surface area contributed by atoms with Gasteiger partial charge >= 0.3 is 0 Å². The summed E-state index contributed by atoms with van der Waals surface area (Å²) in [5, 5.41) is 12.6. The van der Waals surface area contributed by atoms with Crippen molar-refractivity contribution in [1.82, 2.24) is 25.1 Å². The third-order valence-electron chi connectivity index (χ3n) is 3.69. The topological polar surface area (TPSA) is 72.9 Å². The second-order valence-corrected chi connectivity index (χ2v) is 5.23. The van der Waals surface area contributed by atoms with Crippen molar-refractivity contribution in [2.45, 2.75) is 25.8 Å². The normalized spacial score (nSPS) is 14.9. The molecule has 6 nitrogen and oxygen atoms in total. The van der Waals surface area contributed by atoms with Gasteiger partial charge in [-0.3, -0.25) is 0 Å². The number of benzene rings is 1. The number of nitrogens with two attached hydrogens (primary N) is 1. The molecule has 122 valence electrons. The minimum atomic E-state index is 0. The summed E-state index contributed by atoms with van der Waals surface area (Å²) >= 11 is 0. The summed E-state index contributed by atoms with van der Waals surface area (Å²) in [6.07, 6.45) is 3.97. The van der Waals surface area contributed by atoms with Crippen LogP contribution >= 0.6 is 24.8 Å². The number of nitrogen functional groups attached to an aromatic ring is 1. The number of hydrogen-bond acceptors (Lipinski definition) is 5. The van der Waals surface area contributed by atoms with E-state index in [0.717, 1.165) is 24.3 Å². The zero-order chi connectivity index (χ0) is 13.8. The average Bonchev–Trinajstić information content (AvgIpc) is 2.96. The first kappa shape index (κ1) is 18.7. The van der Waals surface area contributed by atoms with Gasteiger partial charge in [-0.05, 0) is 55.4 Å². The molecule has 2 heterocycles. The van der Waals surface area contributed by atoms with Gasteiger partial charge in [0.2, 0.25) is 5.82 Å². The molecule has 0 aliphatic carbocycles. The van der Waals surface area contributed by atoms with Crippen molar-refractivity contribution < 1.29 is 0 Å². The summed E-state index contributed by atoms with van der Waals surface area (Å²) in [4.78, 5) is 4.15. The van der Waals surface area contributed by atoms with E-state index in [1.807, 2.05) is 24.3 Å². The van der Waals surface area contributed by atoms with Gasteiger partial charge in [0.15, 0.2) is 0 Å². The van der Waals surface area contributed by atoms with Crippen LogP contribution in [0, 0.1) is 0 Å². The molecule has 0 bridgehead atoms. The highest BCUT2D eigenvalue weighted by molar-refractivity contribution is 5.85. The summed E-state index contributed by atoms with van der Waals surface area (Å²) in [7, 11) is 0. The lowest BCUT2D eigenvalue weighted by Crippen LogP contribution is -2.33. The summed E-state index contributed by atoms with van der Waals surface area (Å²) in [6, 6.07) is 7.54. The molecule has 2 N–H and O–H groups in total. The van der Waals surface area contributed by atoms with E-state index in [0.29, 0.717) is 5.82 Å². The first-order chi connectivity index (χ1) is 9.81. The molecular weight excluding hydrogens is 323 g/mol. The van der Waals surface area contributed by atoms with Crippen LogP contribution in [-0.2, 0) is 6.54 Å². The molecule has 1 aliphatic rings. The summed E-state index contributed by atoms with van der Waals surface area (Å²) in [5.74, 6) is 0.656. The number of hydrogen-bond donors (Lipinski definition) is 1. The van der Waals surface area contributed by atoms with Crippen molar-refractivity contribution in [2.75, 3.05) is 25.4 Å². The van der Waals surface area contributed by atoms with Gasteiger partial charge in [0.1, 0.15) is 0 Å². The predicted octanol–water partition coefficient (Wildman–Crippen LogP) is 2.25. The maximum Gasteiger partial charge on any atom is 0.204 e. The Morgan fingerprint density at radius 3 is 2.32 bits per heavy atom. The van der Waals surface area contributed by atoms with E-state index in [1.165, 1.54) is 32.4 Å². The fourth-order valence-corrected chi connectivity index (χ4v) is 2.50. The lowest BCUT2D eigenvalue weighted by molar-refractivity contribution is 0.213. The van der Waals surface area contributed by atoms with E-state index in [4.69, 9.17) is 5.73 Å². The summed E-state index contributed by atoms with van der Waals surface area (Å²) in [5.41, 5.74) is 7.36. The van der Waals surface area contributed by atoms with Crippen LogP contribution in [-0.4, -0.2) is 44.7 Å². The van der Waals surface area contributed by atoms with Crippen molar-refractivity contribution >= 4 is 30.5 Å². The molecule has 3 rings (SSSR count). The van der Waals surface area contributed by atoms with E-state index >= 15 is 0 Å². The third-order valence-corrected chi connectivity index (χ3v) is 3.69. The van der Waals surface area contributed by atoms with Gasteiger partial charge in [-0.1, -0.05) is 6.42 Å². The van der Waals surface area contributed by atoms with Crippen molar-refractivity contribution in [2.24, 2.45) is 0 Å². The van der Waals surface area contributed by atoms with E-state index in [1.54, 1.807) is 4.80 Å².